The Labute approximate surface area is 822 Å². The SMILES string of the molecule is C.C.C.C=C(NCCC(CN(CCNC(=O)C(C)C)CCNC(=O)C(C)C)NC(=O)C(C)C)C(C)C.C=C(NCCCC(CN(CCNC(=O)C(C)C)CCNC(=O)C(C)C)NC(=O)C(C)C)C(C)C.CC(C)C(=O)NCCN(CCNC(=O)C(C)C)CCNC(=O)C(C)C.CC(C)CC(=O)NCCN(CCNC(=O)CC(C)C)CCN(CCNC(=O)CC(C)C)CCNC(=O)CC(C)C. The number of rotatable bonds is 70. The van der Waals surface area contributed by atoms with Crippen molar-refractivity contribution in [3.63, 3.8) is 0 Å². The molecule has 0 spiro atoms. The molecule has 0 aliphatic rings. The maximum atomic E-state index is 12.4. The van der Waals surface area contributed by atoms with Crippen LogP contribution in [-0.2, 0) is 62.3 Å². The highest BCUT2D eigenvalue weighted by atomic mass is 16.2. The summed E-state index contributed by atoms with van der Waals surface area (Å²) in [5.41, 5.74) is 2.00. The molecule has 33 nitrogen and oxygen atoms in total. The average Bonchev–Trinajstić information content (AvgIpc) is 0.908. The molecule has 13 amide bonds. The summed E-state index contributed by atoms with van der Waals surface area (Å²) >= 11 is 0. The van der Waals surface area contributed by atoms with E-state index in [9.17, 15) is 62.3 Å². The van der Waals surface area contributed by atoms with Gasteiger partial charge in [0, 0.05) is 286 Å². The van der Waals surface area contributed by atoms with Crippen molar-refractivity contribution < 1.29 is 62.3 Å². The second-order valence-electron chi connectivity index (χ2n) is 39.9. The summed E-state index contributed by atoms with van der Waals surface area (Å²) in [6.07, 6.45) is 4.49. The maximum absolute atomic E-state index is 12.4. The van der Waals surface area contributed by atoms with Gasteiger partial charge in [0.25, 0.3) is 0 Å². The van der Waals surface area contributed by atoms with Crippen LogP contribution < -0.4 is 79.8 Å². The minimum atomic E-state index is -0.102. The number of carbonyl (C=O) groups is 13. The quantitative estimate of drug-likeness (QED) is 0.0252. The van der Waals surface area contributed by atoms with Crippen LogP contribution in [0.1, 0.15) is 275 Å². The number of amides is 13. The molecule has 2 unspecified atom stereocenters. The number of hydrogen-bond acceptors (Lipinski definition) is 20. The fraction of sp³-hybridized carbons (Fsp3) is 0.833. The topological polar surface area (TPSA) is 419 Å². The standard InChI is InChI=1S/C30H60N6O4.C26H51N5O3.C25H49N5O3.C18H36N4O3.3CH4/c1-23(2)19-27(37)31-9-13-35(14-10-32-28(38)20-24(3)4)17-18-36(15-11-33-29(39)21-25(5)6)16-12-34-30(40)22-26(7)8;1-18(2)22(9)27-12-10-11-23(30-26(34)21(7)8)17-31(15-13-28-24(32)19(3)4)16-14-29-25(33)20(5)6;1-17(2)21(9)26-11-10-22(29-25(33)20(7)8)16-30(14-12-27-23(31)18(3)4)15-13-28-24(32)19(5)6;1-13(2)16(23)19-7-10-22(11-8-20-17(24)14(3)4)12-9-21-18(25)15(5)6;;;/h23-26H,9-22H2,1-8H3,(H,31,37)(H,32,38)(H,33,39)(H,34,40);18-21,23,27H,9-17H2,1-8H3,(H,28,32)(H,29,33)(H,30,34);17-20,22,26H,9-16H2,1-8H3,(H,27,31)(H,28,32)(H,29,33);13-15H,7-12H2,1-6H3,(H,19,23)(H,20,24)(H,21,25);3*1H4. The largest absolute Gasteiger partial charge is 0.389 e. The molecule has 2 atom stereocenters. The molecule has 135 heavy (non-hydrogen) atoms. The minimum absolute atomic E-state index is 0. The van der Waals surface area contributed by atoms with Crippen LogP contribution in [0.3, 0.4) is 0 Å². The lowest BCUT2D eigenvalue weighted by Gasteiger charge is -2.29. The van der Waals surface area contributed by atoms with Gasteiger partial charge in [0.05, 0.1) is 0 Å². The van der Waals surface area contributed by atoms with Crippen molar-refractivity contribution in [2.45, 2.75) is 287 Å². The number of carbonyl (C=O) groups excluding carboxylic acids is 13. The van der Waals surface area contributed by atoms with E-state index in [1.165, 1.54) is 0 Å². The van der Waals surface area contributed by atoms with Gasteiger partial charge in [0.2, 0.25) is 76.8 Å². The Hall–Kier alpha value is -8.01. The maximum Gasteiger partial charge on any atom is 0.222 e. The molecule has 0 heterocycles. The predicted octanol–water partition coefficient (Wildman–Crippen LogP) is 9.39. The van der Waals surface area contributed by atoms with Crippen molar-refractivity contribution in [3.8, 4) is 0 Å². The highest BCUT2D eigenvalue weighted by Crippen LogP contribution is 2.11. The van der Waals surface area contributed by atoms with Gasteiger partial charge >= 0.3 is 0 Å². The molecular formula is C102H208N20O13. The zero-order chi connectivity index (χ0) is 102. The van der Waals surface area contributed by atoms with E-state index in [-0.39, 0.29) is 164 Å². The molecule has 0 aromatic rings. The Bertz CT molecular complexity index is 2990. The van der Waals surface area contributed by atoms with Crippen LogP contribution in [0.2, 0.25) is 0 Å². The van der Waals surface area contributed by atoms with Gasteiger partial charge in [-0.3, -0.25) is 86.8 Å². The van der Waals surface area contributed by atoms with Gasteiger partial charge in [0.1, 0.15) is 0 Å². The van der Waals surface area contributed by atoms with Crippen LogP contribution in [-0.4, -0.2) is 297 Å². The normalized spacial score (nSPS) is 11.7. The smallest absolute Gasteiger partial charge is 0.222 e. The molecule has 794 valence electrons. The third kappa shape index (κ3) is 83.8. The lowest BCUT2D eigenvalue weighted by molar-refractivity contribution is -0.125. The first-order valence-electron chi connectivity index (χ1n) is 49.7. The Morgan fingerprint density at radius 1 is 0.200 bits per heavy atom. The van der Waals surface area contributed by atoms with Crippen LogP contribution in [0, 0.1) is 88.8 Å². The minimum Gasteiger partial charge on any atom is -0.389 e. The van der Waals surface area contributed by atoms with Crippen LogP contribution in [0.4, 0.5) is 0 Å². The number of hydrogen-bond donors (Lipinski definition) is 15. The fourth-order valence-electron chi connectivity index (χ4n) is 12.0. The third-order valence-electron chi connectivity index (χ3n) is 20.9. The zero-order valence-electron chi connectivity index (χ0n) is 88.5. The lowest BCUT2D eigenvalue weighted by Crippen LogP contribution is -2.49. The van der Waals surface area contributed by atoms with E-state index in [1.54, 1.807) is 0 Å². The molecule has 33 heteroatoms. The van der Waals surface area contributed by atoms with Gasteiger partial charge in [-0.05, 0) is 54.8 Å². The molecule has 0 saturated heterocycles. The Morgan fingerprint density at radius 2 is 0.378 bits per heavy atom. The van der Waals surface area contributed by atoms with E-state index < -0.39 is 0 Å². The van der Waals surface area contributed by atoms with Crippen molar-refractivity contribution in [1.29, 1.82) is 0 Å². The second-order valence-corrected chi connectivity index (χ2v) is 39.9. The number of allylic oxidation sites excluding steroid dienone is 2. The summed E-state index contributed by atoms with van der Waals surface area (Å²) in [6.45, 7) is 83.8. The Morgan fingerprint density at radius 3 is 0.570 bits per heavy atom. The van der Waals surface area contributed by atoms with Crippen molar-refractivity contribution in [3.05, 3.63) is 24.6 Å². The van der Waals surface area contributed by atoms with Gasteiger partial charge in [-0.2, -0.15) is 0 Å². The van der Waals surface area contributed by atoms with E-state index in [1.807, 2.05) is 180 Å². The molecule has 0 aliphatic carbocycles. The number of nitrogens with one attached hydrogen (secondary N) is 15. The highest BCUT2D eigenvalue weighted by molar-refractivity contribution is 5.82. The molecule has 15 N–H and O–H groups in total. The first kappa shape index (κ1) is 140. The average molecular weight is 1920 g/mol. The zero-order valence-corrected chi connectivity index (χ0v) is 88.5. The monoisotopic (exact) mass is 1920 g/mol. The van der Waals surface area contributed by atoms with Crippen LogP contribution >= 0.6 is 0 Å². The molecule has 0 fully saturated rings. The van der Waals surface area contributed by atoms with E-state index in [0.29, 0.717) is 225 Å². The predicted molar refractivity (Wildman–Crippen MR) is 559 cm³/mol. The molecule has 0 aromatic carbocycles. The Kier molecular flexibility index (Phi) is 87.2. The van der Waals surface area contributed by atoms with Crippen LogP contribution in [0.15, 0.2) is 24.6 Å². The third-order valence-corrected chi connectivity index (χ3v) is 20.9. The summed E-state index contributed by atoms with van der Waals surface area (Å²) in [7, 11) is 0. The summed E-state index contributed by atoms with van der Waals surface area (Å²) in [6, 6.07) is -0.0837. The first-order chi connectivity index (χ1) is 61.6. The van der Waals surface area contributed by atoms with Crippen molar-refractivity contribution in [1.82, 2.24) is 104 Å². The summed E-state index contributed by atoms with van der Waals surface area (Å²) in [5, 5.41) is 45.6. The molecule has 0 saturated carbocycles. The van der Waals surface area contributed by atoms with Gasteiger partial charge in [-0.15, -0.1) is 0 Å². The van der Waals surface area contributed by atoms with Gasteiger partial charge in [-0.25, -0.2) is 0 Å². The van der Waals surface area contributed by atoms with Crippen molar-refractivity contribution in [2.75, 3.05) is 183 Å². The summed E-state index contributed by atoms with van der Waals surface area (Å²) in [5.74, 6) is 1.82. The van der Waals surface area contributed by atoms with E-state index in [4.69, 9.17) is 0 Å². The van der Waals surface area contributed by atoms with E-state index >= 15 is 0 Å². The van der Waals surface area contributed by atoms with Gasteiger partial charge < -0.3 is 79.8 Å². The summed E-state index contributed by atoms with van der Waals surface area (Å²) < 4.78 is 0. The van der Waals surface area contributed by atoms with E-state index in [2.05, 4.69) is 145 Å². The molecule has 0 radical (unpaired) electrons. The van der Waals surface area contributed by atoms with Gasteiger partial charge in [-0.1, -0.05) is 243 Å². The second kappa shape index (κ2) is 84.1. The molecule has 0 rings (SSSR count). The lowest BCUT2D eigenvalue weighted by atomic mass is 10.1. The van der Waals surface area contributed by atoms with Crippen molar-refractivity contribution in [2.24, 2.45) is 88.8 Å². The molecule has 0 aliphatic heterocycles. The fourth-order valence-corrected chi connectivity index (χ4v) is 12.0. The molecule has 0 aromatic heterocycles. The summed E-state index contributed by atoms with van der Waals surface area (Å²) in [4.78, 5) is 167. The van der Waals surface area contributed by atoms with Crippen molar-refractivity contribution >= 4 is 76.8 Å². The molecule has 0 bridgehead atoms. The first-order valence-corrected chi connectivity index (χ1v) is 49.7. The number of nitrogens with zero attached hydrogens (tertiary/aromatic N) is 5. The highest BCUT2D eigenvalue weighted by Gasteiger charge is 2.24. The Balaban J connectivity index is -0.000000325. The van der Waals surface area contributed by atoms with Crippen LogP contribution in [0.5, 0.6) is 0 Å². The van der Waals surface area contributed by atoms with Gasteiger partial charge in [0.15, 0.2) is 0 Å². The van der Waals surface area contributed by atoms with E-state index in [0.717, 1.165) is 50.3 Å². The van der Waals surface area contributed by atoms with Crippen LogP contribution in [0.25, 0.3) is 0 Å². The molecular weight excluding hydrogens is 1710 g/mol.